The van der Waals surface area contributed by atoms with Crippen LogP contribution in [-0.2, 0) is 65.4 Å². The molecule has 19 heteroatoms. The number of rotatable bonds is 84. The number of aliphatic hydroxyl groups is 1. The van der Waals surface area contributed by atoms with E-state index in [-0.39, 0.29) is 25.7 Å². The molecular weight excluding hydrogens is 1340 g/mol. The Morgan fingerprint density at radius 3 is 0.660 bits per heavy atom. The second-order valence-corrected chi connectivity index (χ2v) is 33.6. The average Bonchev–Trinajstić information content (AvgIpc) is 0.923. The summed E-state index contributed by atoms with van der Waals surface area (Å²) in [5.74, 6) is -1.38. The van der Waals surface area contributed by atoms with Crippen LogP contribution in [0.3, 0.4) is 0 Å². The first-order chi connectivity index (χ1) is 50.0. The van der Waals surface area contributed by atoms with Crippen LogP contribution in [-0.4, -0.2) is 96.7 Å². The van der Waals surface area contributed by atoms with E-state index in [4.69, 9.17) is 37.0 Å². The summed E-state index contributed by atoms with van der Waals surface area (Å²) in [6, 6.07) is 0. The molecule has 0 aromatic heterocycles. The lowest BCUT2D eigenvalue weighted by molar-refractivity contribution is -0.161. The van der Waals surface area contributed by atoms with Crippen LogP contribution in [0.15, 0.2) is 0 Å². The number of phosphoric acid groups is 2. The Bertz CT molecular complexity index is 1960. The summed E-state index contributed by atoms with van der Waals surface area (Å²) in [7, 11) is -9.92. The highest BCUT2D eigenvalue weighted by Gasteiger charge is 2.30. The van der Waals surface area contributed by atoms with Crippen LogP contribution in [0.1, 0.15) is 452 Å². The maximum absolute atomic E-state index is 13.1. The van der Waals surface area contributed by atoms with Crippen LogP contribution in [0.25, 0.3) is 0 Å². The lowest BCUT2D eigenvalue weighted by Crippen LogP contribution is -2.30. The molecule has 0 amide bonds. The fourth-order valence-corrected chi connectivity index (χ4v) is 14.7. The van der Waals surface area contributed by atoms with Gasteiger partial charge >= 0.3 is 39.5 Å². The summed E-state index contributed by atoms with van der Waals surface area (Å²) < 4.78 is 68.8. The Morgan fingerprint density at radius 2 is 0.447 bits per heavy atom. The molecule has 0 aliphatic rings. The van der Waals surface area contributed by atoms with E-state index < -0.39 is 97.5 Å². The van der Waals surface area contributed by atoms with E-state index >= 15 is 0 Å². The second-order valence-electron chi connectivity index (χ2n) is 30.7. The van der Waals surface area contributed by atoms with E-state index in [0.29, 0.717) is 25.7 Å². The lowest BCUT2D eigenvalue weighted by Gasteiger charge is -2.21. The molecular formula is C84H164O17P2. The quantitative estimate of drug-likeness (QED) is 0.0222. The molecule has 17 nitrogen and oxygen atoms in total. The van der Waals surface area contributed by atoms with Gasteiger partial charge in [0.15, 0.2) is 12.2 Å². The summed E-state index contributed by atoms with van der Waals surface area (Å²) in [5, 5.41) is 10.7. The minimum absolute atomic E-state index is 0.108. The SMILES string of the molecule is CCCCCCCCCCCCCCCCCCCCCCCC(=O)O[C@H](COC(=O)CCCCCCCCCCCCCCCCCC)COP(=O)(O)OC[C@@H](O)COP(=O)(O)OC[C@@H](COC(=O)CCCCCCCCCCC(C)C)OC(=O)CCCCCCCCCCCCCCCCC. The highest BCUT2D eigenvalue weighted by molar-refractivity contribution is 7.47. The molecule has 0 bridgehead atoms. The molecule has 2 unspecified atom stereocenters. The first-order valence-electron chi connectivity index (χ1n) is 43.6. The van der Waals surface area contributed by atoms with Crippen LogP contribution in [0.5, 0.6) is 0 Å². The molecule has 612 valence electrons. The van der Waals surface area contributed by atoms with Crippen molar-refractivity contribution in [2.75, 3.05) is 39.6 Å². The van der Waals surface area contributed by atoms with Gasteiger partial charge in [0.05, 0.1) is 26.4 Å². The van der Waals surface area contributed by atoms with Crippen LogP contribution in [0.2, 0.25) is 0 Å². The minimum atomic E-state index is -4.96. The Morgan fingerprint density at radius 1 is 0.262 bits per heavy atom. The number of aliphatic hydroxyl groups excluding tert-OH is 1. The summed E-state index contributed by atoms with van der Waals surface area (Å²) in [4.78, 5) is 73.1. The van der Waals surface area contributed by atoms with Gasteiger partial charge in [-0.3, -0.25) is 37.3 Å². The van der Waals surface area contributed by atoms with Gasteiger partial charge in [-0.2, -0.15) is 0 Å². The topological polar surface area (TPSA) is 237 Å². The Kier molecular flexibility index (Phi) is 75.4. The average molecular weight is 1510 g/mol. The van der Waals surface area contributed by atoms with Crippen molar-refractivity contribution in [1.82, 2.24) is 0 Å². The van der Waals surface area contributed by atoms with Crippen LogP contribution < -0.4 is 0 Å². The largest absolute Gasteiger partial charge is 0.472 e. The normalized spacial score (nSPS) is 13.8. The van der Waals surface area contributed by atoms with E-state index in [1.165, 1.54) is 276 Å². The van der Waals surface area contributed by atoms with Gasteiger partial charge in [-0.1, -0.05) is 401 Å². The molecule has 103 heavy (non-hydrogen) atoms. The van der Waals surface area contributed by atoms with Crippen molar-refractivity contribution in [2.24, 2.45) is 5.92 Å². The third-order valence-electron chi connectivity index (χ3n) is 19.8. The van der Waals surface area contributed by atoms with E-state index in [1.807, 2.05) is 0 Å². The predicted molar refractivity (Wildman–Crippen MR) is 423 cm³/mol. The number of carbonyl (C=O) groups is 4. The molecule has 5 atom stereocenters. The number of phosphoric ester groups is 2. The maximum Gasteiger partial charge on any atom is 0.472 e. The zero-order valence-corrected chi connectivity index (χ0v) is 69.3. The van der Waals surface area contributed by atoms with E-state index in [0.717, 1.165) is 95.8 Å². The van der Waals surface area contributed by atoms with Gasteiger partial charge in [-0.05, 0) is 31.6 Å². The molecule has 0 aliphatic heterocycles. The van der Waals surface area contributed by atoms with Crippen LogP contribution >= 0.6 is 15.6 Å². The zero-order valence-electron chi connectivity index (χ0n) is 67.5. The third-order valence-corrected chi connectivity index (χ3v) is 21.7. The van der Waals surface area contributed by atoms with E-state index in [9.17, 15) is 43.2 Å². The van der Waals surface area contributed by atoms with Gasteiger partial charge in [-0.15, -0.1) is 0 Å². The number of hydrogen-bond donors (Lipinski definition) is 3. The van der Waals surface area contributed by atoms with Crippen molar-refractivity contribution in [3.8, 4) is 0 Å². The van der Waals surface area contributed by atoms with E-state index in [1.54, 1.807) is 0 Å². The highest BCUT2D eigenvalue weighted by atomic mass is 31.2. The molecule has 0 spiro atoms. The van der Waals surface area contributed by atoms with Gasteiger partial charge in [0, 0.05) is 25.7 Å². The van der Waals surface area contributed by atoms with Gasteiger partial charge in [-0.25, -0.2) is 9.13 Å². The van der Waals surface area contributed by atoms with Crippen molar-refractivity contribution >= 4 is 39.5 Å². The first kappa shape index (κ1) is 101. The Balaban J connectivity index is 5.23. The number of carbonyl (C=O) groups excluding carboxylic acids is 4. The highest BCUT2D eigenvalue weighted by Crippen LogP contribution is 2.45. The number of ether oxygens (including phenoxy) is 4. The van der Waals surface area contributed by atoms with Gasteiger partial charge in [0.2, 0.25) is 0 Å². The van der Waals surface area contributed by atoms with Crippen molar-refractivity contribution < 1.29 is 80.2 Å². The Hall–Kier alpha value is -1.94. The summed E-state index contributed by atoms with van der Waals surface area (Å²) in [6.07, 6.45) is 69.4. The molecule has 0 rings (SSSR count). The number of hydrogen-bond acceptors (Lipinski definition) is 15. The molecule has 0 fully saturated rings. The molecule has 0 radical (unpaired) electrons. The standard InChI is InChI=1S/C84H164O17P2/c1-6-9-12-15-18-21-24-27-30-32-33-34-35-36-39-42-45-48-55-60-65-70-83(88)100-79(73-94-81(86)67-62-57-52-46-43-40-38-31-28-25-22-19-16-13-10-7-2)75-98-102(90,91)96-71-78(85)72-97-103(92,93)99-76-80(74-95-82(87)68-63-58-53-50-49-51-56-61-66-77(4)5)101-84(89)69-64-59-54-47-44-41-37-29-26-23-20-17-14-11-8-3/h77-80,85H,6-76H2,1-5H3,(H,90,91)(H,92,93)/t78-,79-,80-/m1/s1. The lowest BCUT2D eigenvalue weighted by atomic mass is 10.0. The molecule has 3 N–H and O–H groups in total. The summed E-state index contributed by atoms with van der Waals surface area (Å²) in [6.45, 7) is 7.32. The molecule has 0 heterocycles. The third kappa shape index (κ3) is 78.0. The fraction of sp³-hybridized carbons (Fsp3) is 0.952. The van der Waals surface area contributed by atoms with Crippen LogP contribution in [0, 0.1) is 5.92 Å². The van der Waals surface area contributed by atoms with Crippen molar-refractivity contribution in [2.45, 2.75) is 470 Å². The minimum Gasteiger partial charge on any atom is -0.462 e. The monoisotopic (exact) mass is 1510 g/mol. The molecule has 0 aliphatic carbocycles. The first-order valence-corrected chi connectivity index (χ1v) is 46.6. The number of unbranched alkanes of at least 4 members (excludes halogenated alkanes) is 56. The summed E-state index contributed by atoms with van der Waals surface area (Å²) >= 11 is 0. The maximum atomic E-state index is 13.1. The van der Waals surface area contributed by atoms with Crippen molar-refractivity contribution in [3.05, 3.63) is 0 Å². The molecule has 0 saturated carbocycles. The van der Waals surface area contributed by atoms with Crippen LogP contribution in [0.4, 0.5) is 0 Å². The zero-order chi connectivity index (χ0) is 75.5. The van der Waals surface area contributed by atoms with Crippen molar-refractivity contribution in [1.29, 1.82) is 0 Å². The predicted octanol–water partition coefficient (Wildman–Crippen LogP) is 25.6. The molecule has 0 aromatic rings. The second kappa shape index (κ2) is 76.8. The van der Waals surface area contributed by atoms with Gasteiger partial charge in [0.1, 0.15) is 19.3 Å². The summed E-state index contributed by atoms with van der Waals surface area (Å²) in [5.41, 5.74) is 0. The fourth-order valence-electron chi connectivity index (χ4n) is 13.1. The van der Waals surface area contributed by atoms with Gasteiger partial charge < -0.3 is 33.8 Å². The van der Waals surface area contributed by atoms with Gasteiger partial charge in [0.25, 0.3) is 0 Å². The van der Waals surface area contributed by atoms with Crippen molar-refractivity contribution in [3.63, 3.8) is 0 Å². The Labute approximate surface area is 632 Å². The molecule has 0 saturated heterocycles. The molecule has 0 aromatic carbocycles. The number of esters is 4. The van der Waals surface area contributed by atoms with E-state index in [2.05, 4.69) is 34.6 Å². The smallest absolute Gasteiger partial charge is 0.462 e.